The van der Waals surface area contributed by atoms with Gasteiger partial charge in [-0.15, -0.1) is 0 Å². The van der Waals surface area contributed by atoms with E-state index in [1.807, 2.05) is 6.92 Å². The summed E-state index contributed by atoms with van der Waals surface area (Å²) < 4.78 is 32.5. The highest BCUT2D eigenvalue weighted by molar-refractivity contribution is 7.85. The fraction of sp³-hybridized carbons (Fsp3) is 0.435. The number of fused-ring (bicyclic) bond motifs is 1. The molecule has 36 heavy (non-hydrogen) atoms. The number of rotatable bonds is 13. The number of nitrogens with zero attached hydrogens (tertiary/aromatic N) is 4. The predicted molar refractivity (Wildman–Crippen MR) is 142 cm³/mol. The number of nitrogens with two attached hydrogens (primary N) is 1. The van der Waals surface area contributed by atoms with Crippen molar-refractivity contribution < 1.29 is 18.1 Å². The molecule has 12 nitrogen and oxygen atoms in total. The molecule has 196 valence electrons. The molecule has 1 aromatic heterocycles. The lowest BCUT2D eigenvalue weighted by Crippen LogP contribution is -2.26. The molecule has 7 N–H and O–H groups in total. The minimum absolute atomic E-state index is 0.103. The monoisotopic (exact) mass is 518 g/mol. The average Bonchev–Trinajstić information content (AvgIpc) is 2.82. The molecular formula is C23H34N8O4S. The second-order valence-corrected chi connectivity index (χ2v) is 9.87. The number of anilines is 4. The van der Waals surface area contributed by atoms with Crippen LogP contribution in [0.25, 0.3) is 10.8 Å². The lowest BCUT2D eigenvalue weighted by molar-refractivity contribution is 0.303. The molecule has 3 rings (SSSR count). The first kappa shape index (κ1) is 27.3. The van der Waals surface area contributed by atoms with Gasteiger partial charge >= 0.3 is 0 Å². The van der Waals surface area contributed by atoms with Gasteiger partial charge in [0.2, 0.25) is 17.8 Å². The number of hydrogen-bond acceptors (Lipinski definition) is 11. The van der Waals surface area contributed by atoms with Crippen molar-refractivity contribution in [1.82, 2.24) is 19.9 Å². The Morgan fingerprint density at radius 3 is 2.33 bits per heavy atom. The number of nitrogens with one attached hydrogen (secondary N) is 3. The molecule has 0 aliphatic heterocycles. The molecule has 2 aromatic carbocycles. The third-order valence-corrected chi connectivity index (χ3v) is 6.34. The zero-order valence-corrected chi connectivity index (χ0v) is 21.5. The second-order valence-electron chi connectivity index (χ2n) is 8.45. The Hall–Kier alpha value is -3.26. The first-order chi connectivity index (χ1) is 17.1. The van der Waals surface area contributed by atoms with Crippen molar-refractivity contribution >= 4 is 44.4 Å². The van der Waals surface area contributed by atoms with Crippen LogP contribution in [0.1, 0.15) is 27.2 Å². The van der Waals surface area contributed by atoms with Crippen LogP contribution in [0, 0.1) is 0 Å². The van der Waals surface area contributed by atoms with E-state index in [0.717, 1.165) is 32.1 Å². The van der Waals surface area contributed by atoms with Crippen molar-refractivity contribution in [3.63, 3.8) is 0 Å². The number of phenols is 1. The molecule has 0 aliphatic rings. The molecule has 0 saturated heterocycles. The number of aromatic nitrogens is 3. The van der Waals surface area contributed by atoms with E-state index in [0.29, 0.717) is 41.4 Å². The van der Waals surface area contributed by atoms with Crippen molar-refractivity contribution in [2.45, 2.75) is 38.1 Å². The van der Waals surface area contributed by atoms with Gasteiger partial charge in [0.15, 0.2) is 0 Å². The van der Waals surface area contributed by atoms with Crippen LogP contribution in [0.15, 0.2) is 35.2 Å². The van der Waals surface area contributed by atoms with Crippen LogP contribution in [0.4, 0.5) is 23.5 Å². The predicted octanol–water partition coefficient (Wildman–Crippen LogP) is 2.62. The maximum absolute atomic E-state index is 11.5. The van der Waals surface area contributed by atoms with Gasteiger partial charge < -0.3 is 31.7 Å². The van der Waals surface area contributed by atoms with Crippen LogP contribution in [0.3, 0.4) is 0 Å². The fourth-order valence-corrected chi connectivity index (χ4v) is 4.10. The molecule has 0 spiro atoms. The molecular weight excluding hydrogens is 484 g/mol. The number of phenolic OH excluding ortho intramolecular Hbond substituents is 1. The van der Waals surface area contributed by atoms with Crippen LogP contribution in [-0.2, 0) is 10.1 Å². The van der Waals surface area contributed by atoms with Gasteiger partial charge in [0.05, 0.1) is 4.90 Å². The fourth-order valence-electron chi connectivity index (χ4n) is 3.56. The van der Waals surface area contributed by atoms with Crippen LogP contribution in [0.2, 0.25) is 0 Å². The zero-order chi connectivity index (χ0) is 26.3. The first-order valence-electron chi connectivity index (χ1n) is 11.8. The van der Waals surface area contributed by atoms with Gasteiger partial charge in [-0.2, -0.15) is 23.4 Å². The lowest BCUT2D eigenvalue weighted by atomic mass is 10.1. The smallest absolute Gasteiger partial charge is 0.294 e. The molecule has 0 amide bonds. The maximum Gasteiger partial charge on any atom is 0.294 e. The van der Waals surface area contributed by atoms with E-state index in [1.165, 1.54) is 6.07 Å². The van der Waals surface area contributed by atoms with Gasteiger partial charge in [-0.1, -0.05) is 13.8 Å². The third kappa shape index (κ3) is 7.62. The summed E-state index contributed by atoms with van der Waals surface area (Å²) in [4.78, 5) is 15.2. The highest BCUT2D eigenvalue weighted by Crippen LogP contribution is 2.31. The van der Waals surface area contributed by atoms with E-state index >= 15 is 0 Å². The topological polar surface area (TPSA) is 179 Å². The third-order valence-electron chi connectivity index (χ3n) is 5.50. The van der Waals surface area contributed by atoms with Gasteiger partial charge in [-0.05, 0) is 62.6 Å². The van der Waals surface area contributed by atoms with Gasteiger partial charge in [0, 0.05) is 36.3 Å². The van der Waals surface area contributed by atoms with Crippen molar-refractivity contribution in [3.8, 4) is 5.75 Å². The molecule has 0 saturated carbocycles. The van der Waals surface area contributed by atoms with Crippen LogP contribution in [0.5, 0.6) is 5.75 Å². The Kier molecular flexibility index (Phi) is 9.20. The lowest BCUT2D eigenvalue weighted by Gasteiger charge is -2.18. The summed E-state index contributed by atoms with van der Waals surface area (Å²) in [5.74, 6) is 0.748. The normalized spacial score (nSPS) is 12.6. The van der Waals surface area contributed by atoms with E-state index in [-0.39, 0.29) is 17.7 Å². The maximum atomic E-state index is 11.5. The highest BCUT2D eigenvalue weighted by atomic mass is 32.2. The standard InChI is InChI=1S/C23H34N8O4S/c1-4-31(5-2)10-6-9-25-21-28-22(26-14-15(3)24)30-23(29-21)27-17-7-8-19-16(11-17)12-18(13-20(19)32)36(33,34)35/h7-8,11-13,15,32H,4-6,9-10,14,24H2,1-3H3,(H,33,34,35)(H3,25,26,27,28,29,30). The molecule has 1 unspecified atom stereocenters. The van der Waals surface area contributed by atoms with Crippen molar-refractivity contribution in [2.75, 3.05) is 48.7 Å². The molecule has 1 heterocycles. The minimum atomic E-state index is -4.48. The summed E-state index contributed by atoms with van der Waals surface area (Å²) >= 11 is 0. The molecule has 1 atom stereocenters. The van der Waals surface area contributed by atoms with Crippen LogP contribution < -0.4 is 21.7 Å². The summed E-state index contributed by atoms with van der Waals surface area (Å²) in [6.07, 6.45) is 0.920. The molecule has 0 aliphatic carbocycles. The summed E-state index contributed by atoms with van der Waals surface area (Å²) in [6.45, 7) is 10.2. The molecule has 13 heteroatoms. The van der Waals surface area contributed by atoms with Crippen molar-refractivity contribution in [2.24, 2.45) is 5.73 Å². The summed E-state index contributed by atoms with van der Waals surface area (Å²) in [5, 5.41) is 20.4. The van der Waals surface area contributed by atoms with E-state index in [4.69, 9.17) is 5.73 Å². The van der Waals surface area contributed by atoms with Crippen molar-refractivity contribution in [1.29, 1.82) is 0 Å². The Morgan fingerprint density at radius 2 is 1.69 bits per heavy atom. The Bertz CT molecular complexity index is 1280. The summed E-state index contributed by atoms with van der Waals surface area (Å²) in [5.41, 5.74) is 6.40. The molecule has 0 bridgehead atoms. The highest BCUT2D eigenvalue weighted by Gasteiger charge is 2.14. The SMILES string of the molecule is CCN(CC)CCCNc1nc(NCC(C)N)nc(Nc2ccc3c(O)cc(S(=O)(=O)O)cc3c2)n1. The summed E-state index contributed by atoms with van der Waals surface area (Å²) in [6, 6.07) is 7.13. The minimum Gasteiger partial charge on any atom is -0.507 e. The number of benzene rings is 2. The van der Waals surface area contributed by atoms with Gasteiger partial charge in [-0.3, -0.25) is 4.55 Å². The van der Waals surface area contributed by atoms with Crippen molar-refractivity contribution in [3.05, 3.63) is 30.3 Å². The largest absolute Gasteiger partial charge is 0.507 e. The van der Waals surface area contributed by atoms with E-state index < -0.39 is 15.0 Å². The molecule has 3 aromatic rings. The number of hydrogen-bond donors (Lipinski definition) is 6. The van der Waals surface area contributed by atoms with E-state index in [9.17, 15) is 18.1 Å². The average molecular weight is 519 g/mol. The second kappa shape index (κ2) is 12.1. The molecule has 0 fully saturated rings. The Balaban J connectivity index is 1.84. The van der Waals surface area contributed by atoms with Gasteiger partial charge in [0.25, 0.3) is 10.1 Å². The Labute approximate surface area is 211 Å². The quantitative estimate of drug-likeness (QED) is 0.144. The van der Waals surface area contributed by atoms with Crippen LogP contribution in [-0.4, -0.2) is 76.7 Å². The van der Waals surface area contributed by atoms with Crippen LogP contribution >= 0.6 is 0 Å². The summed E-state index contributed by atoms with van der Waals surface area (Å²) in [7, 11) is -4.48. The Morgan fingerprint density at radius 1 is 1.03 bits per heavy atom. The van der Waals surface area contributed by atoms with Gasteiger partial charge in [0.1, 0.15) is 5.75 Å². The van der Waals surface area contributed by atoms with E-state index in [2.05, 4.69) is 49.6 Å². The van der Waals surface area contributed by atoms with Gasteiger partial charge in [-0.25, -0.2) is 0 Å². The van der Waals surface area contributed by atoms with E-state index in [1.54, 1.807) is 18.2 Å². The molecule has 0 radical (unpaired) electrons. The number of aromatic hydroxyl groups is 1. The zero-order valence-electron chi connectivity index (χ0n) is 20.7. The first-order valence-corrected chi connectivity index (χ1v) is 13.3.